The number of benzene rings is 2. The zero-order valence-electron chi connectivity index (χ0n) is 12.3. The Balaban J connectivity index is 1.96. The Kier molecular flexibility index (Phi) is 5.51. The van der Waals surface area contributed by atoms with Crippen molar-refractivity contribution in [2.45, 2.75) is 18.2 Å². The molecule has 0 aliphatic carbocycles. The van der Waals surface area contributed by atoms with Crippen LogP contribution in [0.25, 0.3) is 0 Å². The molecule has 0 saturated carbocycles. The molecule has 1 N–H and O–H groups in total. The van der Waals surface area contributed by atoms with Crippen molar-refractivity contribution in [3.05, 3.63) is 59.9 Å². The third-order valence-corrected chi connectivity index (χ3v) is 4.52. The van der Waals surface area contributed by atoms with Gasteiger partial charge in [-0.15, -0.1) is 0 Å². The molecule has 0 bridgehead atoms. The molecule has 0 unspecified atom stereocenters. The highest BCUT2D eigenvalue weighted by atomic mass is 32.2. The predicted octanol–water partition coefficient (Wildman–Crippen LogP) is 2.75. The van der Waals surface area contributed by atoms with E-state index in [1.165, 1.54) is 24.3 Å². The molecule has 118 valence electrons. The fourth-order valence-electron chi connectivity index (χ4n) is 1.99. The molecule has 0 spiro atoms. The summed E-state index contributed by atoms with van der Waals surface area (Å²) in [5.41, 5.74) is 0.745. The summed E-state index contributed by atoms with van der Waals surface area (Å²) in [5.74, 6) is 0.299. The smallest absolute Gasteiger partial charge is 0.240 e. The lowest BCUT2D eigenvalue weighted by Crippen LogP contribution is -2.26. The highest BCUT2D eigenvalue weighted by Crippen LogP contribution is 2.15. The molecule has 4 nitrogen and oxygen atoms in total. The lowest BCUT2D eigenvalue weighted by Gasteiger charge is -2.08. The van der Waals surface area contributed by atoms with Gasteiger partial charge in [-0.05, 0) is 55.3 Å². The third-order valence-electron chi connectivity index (χ3n) is 3.04. The molecular weight excluding hydrogens is 305 g/mol. The van der Waals surface area contributed by atoms with Crippen LogP contribution in [0, 0.1) is 5.82 Å². The van der Waals surface area contributed by atoms with Crippen LogP contribution in [-0.2, 0) is 16.4 Å². The summed E-state index contributed by atoms with van der Waals surface area (Å²) < 4.78 is 45.1. The molecule has 0 aliphatic rings. The first-order valence-electron chi connectivity index (χ1n) is 6.98. The first-order valence-corrected chi connectivity index (χ1v) is 8.46. The predicted molar refractivity (Wildman–Crippen MR) is 82.9 cm³/mol. The van der Waals surface area contributed by atoms with Crippen molar-refractivity contribution in [3.8, 4) is 5.75 Å². The van der Waals surface area contributed by atoms with Crippen LogP contribution in [0.2, 0.25) is 0 Å². The molecule has 0 fully saturated rings. The third kappa shape index (κ3) is 4.54. The van der Waals surface area contributed by atoms with E-state index in [1.54, 1.807) is 24.3 Å². The van der Waals surface area contributed by atoms with E-state index < -0.39 is 10.0 Å². The molecule has 6 heteroatoms. The minimum Gasteiger partial charge on any atom is -0.494 e. The van der Waals surface area contributed by atoms with Gasteiger partial charge in [0.15, 0.2) is 0 Å². The summed E-state index contributed by atoms with van der Waals surface area (Å²) in [7, 11) is -3.57. The maximum Gasteiger partial charge on any atom is 0.240 e. The van der Waals surface area contributed by atoms with Gasteiger partial charge < -0.3 is 4.74 Å². The van der Waals surface area contributed by atoms with Crippen LogP contribution in [0.4, 0.5) is 4.39 Å². The van der Waals surface area contributed by atoms with Gasteiger partial charge in [0.2, 0.25) is 10.0 Å². The second kappa shape index (κ2) is 7.38. The van der Waals surface area contributed by atoms with E-state index >= 15 is 0 Å². The minimum absolute atomic E-state index is 0.176. The van der Waals surface area contributed by atoms with E-state index in [-0.39, 0.29) is 17.3 Å². The lowest BCUT2D eigenvalue weighted by molar-refractivity contribution is 0.340. The van der Waals surface area contributed by atoms with Crippen molar-refractivity contribution < 1.29 is 17.5 Å². The summed E-state index contributed by atoms with van der Waals surface area (Å²) in [6.45, 7) is 2.59. The molecule has 0 atom stereocenters. The molecule has 0 aliphatic heterocycles. The van der Waals surface area contributed by atoms with Crippen molar-refractivity contribution in [1.29, 1.82) is 0 Å². The topological polar surface area (TPSA) is 55.4 Å². The van der Waals surface area contributed by atoms with E-state index in [1.807, 2.05) is 6.92 Å². The molecular formula is C16H18FNO3S. The van der Waals surface area contributed by atoms with E-state index in [0.29, 0.717) is 18.8 Å². The van der Waals surface area contributed by atoms with Gasteiger partial charge in [0.05, 0.1) is 11.5 Å². The van der Waals surface area contributed by atoms with Gasteiger partial charge in [0.25, 0.3) is 0 Å². The van der Waals surface area contributed by atoms with E-state index in [2.05, 4.69) is 4.72 Å². The molecule has 0 saturated heterocycles. The SMILES string of the molecule is CCOc1ccc(S(=O)(=O)NCCc2cccc(F)c2)cc1. The molecule has 2 aromatic rings. The van der Waals surface area contributed by atoms with Crippen LogP contribution in [-0.4, -0.2) is 21.6 Å². The average Bonchev–Trinajstić information content (AvgIpc) is 2.48. The summed E-state index contributed by atoms with van der Waals surface area (Å²) in [5, 5.41) is 0. The van der Waals surface area contributed by atoms with Crippen molar-refractivity contribution >= 4 is 10.0 Å². The van der Waals surface area contributed by atoms with Crippen LogP contribution in [0.5, 0.6) is 5.75 Å². The van der Waals surface area contributed by atoms with Gasteiger partial charge in [-0.3, -0.25) is 0 Å². The lowest BCUT2D eigenvalue weighted by atomic mass is 10.1. The number of hydrogen-bond acceptors (Lipinski definition) is 3. The number of sulfonamides is 1. The van der Waals surface area contributed by atoms with Crippen molar-refractivity contribution in [3.63, 3.8) is 0 Å². The van der Waals surface area contributed by atoms with Gasteiger partial charge in [0, 0.05) is 6.54 Å². The van der Waals surface area contributed by atoms with Crippen molar-refractivity contribution in [2.24, 2.45) is 0 Å². The Labute approximate surface area is 130 Å². The van der Waals surface area contributed by atoms with Crippen LogP contribution in [0.15, 0.2) is 53.4 Å². The van der Waals surface area contributed by atoms with Gasteiger partial charge in [-0.2, -0.15) is 0 Å². The summed E-state index contributed by atoms with van der Waals surface area (Å²) in [6.07, 6.45) is 0.425. The monoisotopic (exact) mass is 323 g/mol. The van der Waals surface area contributed by atoms with Crippen LogP contribution in [0.3, 0.4) is 0 Å². The van der Waals surface area contributed by atoms with Crippen LogP contribution in [0.1, 0.15) is 12.5 Å². The van der Waals surface area contributed by atoms with Crippen LogP contribution < -0.4 is 9.46 Å². The Morgan fingerprint density at radius 3 is 2.50 bits per heavy atom. The van der Waals surface area contributed by atoms with Gasteiger partial charge in [0.1, 0.15) is 11.6 Å². The van der Waals surface area contributed by atoms with Crippen molar-refractivity contribution in [1.82, 2.24) is 4.72 Å². The van der Waals surface area contributed by atoms with Gasteiger partial charge in [-0.1, -0.05) is 12.1 Å². The number of ether oxygens (including phenoxy) is 1. The molecule has 2 aromatic carbocycles. The summed E-state index contributed by atoms with van der Waals surface area (Å²) in [6, 6.07) is 12.3. The number of halogens is 1. The summed E-state index contributed by atoms with van der Waals surface area (Å²) >= 11 is 0. The van der Waals surface area contributed by atoms with E-state index in [9.17, 15) is 12.8 Å². The fraction of sp³-hybridized carbons (Fsp3) is 0.250. The quantitative estimate of drug-likeness (QED) is 0.852. The zero-order chi connectivity index (χ0) is 16.0. The highest BCUT2D eigenvalue weighted by Gasteiger charge is 2.13. The Hall–Kier alpha value is -1.92. The van der Waals surface area contributed by atoms with E-state index in [4.69, 9.17) is 4.74 Å². The van der Waals surface area contributed by atoms with Gasteiger partial charge in [-0.25, -0.2) is 17.5 Å². The second-order valence-corrected chi connectivity index (χ2v) is 6.45. The maximum absolute atomic E-state index is 13.0. The number of nitrogens with one attached hydrogen (secondary N) is 1. The molecule has 0 heterocycles. The maximum atomic E-state index is 13.0. The fourth-order valence-corrected chi connectivity index (χ4v) is 3.02. The molecule has 22 heavy (non-hydrogen) atoms. The summed E-state index contributed by atoms with van der Waals surface area (Å²) in [4.78, 5) is 0.176. The Morgan fingerprint density at radius 2 is 1.86 bits per heavy atom. The standard InChI is InChI=1S/C16H18FNO3S/c1-2-21-15-6-8-16(9-7-15)22(19,20)18-11-10-13-4-3-5-14(17)12-13/h3-9,12,18H,2,10-11H2,1H3. The van der Waals surface area contributed by atoms with E-state index in [0.717, 1.165) is 5.56 Å². The Bertz CT molecular complexity index is 714. The second-order valence-electron chi connectivity index (χ2n) is 4.68. The van der Waals surface area contributed by atoms with Crippen LogP contribution >= 0.6 is 0 Å². The first kappa shape index (κ1) is 16.5. The zero-order valence-corrected chi connectivity index (χ0v) is 13.1. The minimum atomic E-state index is -3.57. The number of hydrogen-bond donors (Lipinski definition) is 1. The normalized spacial score (nSPS) is 11.4. The van der Waals surface area contributed by atoms with Gasteiger partial charge >= 0.3 is 0 Å². The average molecular weight is 323 g/mol. The Morgan fingerprint density at radius 1 is 1.14 bits per heavy atom. The molecule has 0 aromatic heterocycles. The molecule has 2 rings (SSSR count). The molecule has 0 radical (unpaired) electrons. The highest BCUT2D eigenvalue weighted by molar-refractivity contribution is 7.89. The van der Waals surface area contributed by atoms with Crippen molar-refractivity contribution in [2.75, 3.05) is 13.2 Å². The molecule has 0 amide bonds. The largest absolute Gasteiger partial charge is 0.494 e. The number of rotatable bonds is 7. The first-order chi connectivity index (χ1) is 10.5.